The number of halogens is 2. The number of likely N-dealkylation sites (tertiary alicyclic amines) is 2. The molecule has 8 heteroatoms. The molecule has 2 aliphatic rings. The number of rotatable bonds is 6. The van der Waals surface area contributed by atoms with Crippen molar-refractivity contribution in [1.29, 1.82) is 0 Å². The quantitative estimate of drug-likeness (QED) is 0.192. The Balaban J connectivity index is 0.000000188. The predicted molar refractivity (Wildman–Crippen MR) is 189 cm³/mol. The number of nitrogens with zero attached hydrogens (tertiary/aromatic N) is 2. The first kappa shape index (κ1) is 35.1. The van der Waals surface area contributed by atoms with Gasteiger partial charge in [-0.2, -0.15) is 0 Å². The molecule has 2 saturated heterocycles. The van der Waals surface area contributed by atoms with Crippen LogP contribution in [0.3, 0.4) is 0 Å². The van der Waals surface area contributed by atoms with Crippen LogP contribution < -0.4 is 0 Å². The molecule has 2 fully saturated rings. The van der Waals surface area contributed by atoms with E-state index in [1.54, 1.807) is 0 Å². The smallest absolute Gasteiger partial charge is 0.238 e. The Morgan fingerprint density at radius 2 is 0.792 bits per heavy atom. The summed E-state index contributed by atoms with van der Waals surface area (Å²) in [5.41, 5.74) is 3.88. The Labute approximate surface area is 292 Å². The van der Waals surface area contributed by atoms with Crippen LogP contribution in [0.1, 0.15) is 73.1 Å². The molecule has 2 amide bonds. The van der Waals surface area contributed by atoms with Crippen molar-refractivity contribution in [3.05, 3.63) is 144 Å². The number of benzene rings is 4. The molecule has 0 bridgehead atoms. The first-order valence-corrected chi connectivity index (χ1v) is 17.3. The molecule has 4 aromatic rings. The molecule has 0 aromatic heterocycles. The minimum absolute atomic E-state index is 0.0897. The zero-order valence-corrected chi connectivity index (χ0v) is 28.6. The van der Waals surface area contributed by atoms with Gasteiger partial charge in [-0.25, -0.2) is 0 Å². The van der Waals surface area contributed by atoms with Gasteiger partial charge in [0.2, 0.25) is 11.8 Å². The molecule has 0 aliphatic carbocycles. The van der Waals surface area contributed by atoms with Crippen LogP contribution >= 0.6 is 23.2 Å². The molecule has 0 unspecified atom stereocenters. The van der Waals surface area contributed by atoms with E-state index in [-0.39, 0.29) is 71.1 Å². The fourth-order valence-corrected chi connectivity index (χ4v) is 7.35. The van der Waals surface area contributed by atoms with E-state index in [4.69, 9.17) is 23.2 Å². The van der Waals surface area contributed by atoms with Crippen molar-refractivity contribution in [2.75, 3.05) is 11.8 Å². The summed E-state index contributed by atoms with van der Waals surface area (Å²) >= 11 is 11.8. The monoisotopic (exact) mass is 682 g/mol. The Bertz CT molecular complexity index is 1560. The maximum atomic E-state index is 12.7. The Hall–Kier alpha value is -4.26. The minimum atomic E-state index is -0.288. The van der Waals surface area contributed by atoms with E-state index in [1.165, 1.54) is 0 Å². The molecule has 4 aromatic carbocycles. The number of hydrogen-bond donors (Lipinski definition) is 0. The standard InChI is InChI=1S/2C20H20ClNO2/c2*1-14-18(23)12-17(15-8-4-2-5-9-15)22(19(24)13-21)20(14)16-10-6-3-7-11-16/h2*2-11,14,17,20H,12-13H2,1H3/t2*14-,17+,20-/m10/s1. The number of piperidine rings is 2. The Morgan fingerprint density at radius 1 is 0.521 bits per heavy atom. The maximum Gasteiger partial charge on any atom is 0.238 e. The second-order valence-electron chi connectivity index (χ2n) is 12.4. The van der Waals surface area contributed by atoms with E-state index in [9.17, 15) is 19.2 Å². The minimum Gasteiger partial charge on any atom is -0.326 e. The third-order valence-electron chi connectivity index (χ3n) is 9.48. The molecular formula is C40H40Cl2N2O4. The molecule has 0 N–H and O–H groups in total. The first-order valence-electron chi connectivity index (χ1n) is 16.3. The van der Waals surface area contributed by atoms with E-state index in [2.05, 4.69) is 0 Å². The second-order valence-corrected chi connectivity index (χ2v) is 12.9. The molecular weight excluding hydrogens is 643 g/mol. The molecule has 2 heterocycles. The summed E-state index contributed by atoms with van der Waals surface area (Å²) in [7, 11) is 0. The number of ketones is 2. The molecule has 6 rings (SSSR count). The van der Waals surface area contributed by atoms with Gasteiger partial charge in [0.15, 0.2) is 0 Å². The average molecular weight is 684 g/mol. The number of Topliss-reactive ketones (excluding diaryl/α,β-unsaturated/α-hetero) is 2. The largest absolute Gasteiger partial charge is 0.326 e. The van der Waals surface area contributed by atoms with Crippen LogP contribution in [0, 0.1) is 11.8 Å². The summed E-state index contributed by atoms with van der Waals surface area (Å²) in [6.07, 6.45) is 0.661. The van der Waals surface area contributed by atoms with Crippen molar-refractivity contribution in [2.45, 2.75) is 50.9 Å². The molecule has 6 nitrogen and oxygen atoms in total. The van der Waals surface area contributed by atoms with Crippen LogP contribution in [0.4, 0.5) is 0 Å². The lowest BCUT2D eigenvalue weighted by atomic mass is 9.80. The van der Waals surface area contributed by atoms with Crippen molar-refractivity contribution in [2.24, 2.45) is 11.8 Å². The van der Waals surface area contributed by atoms with Gasteiger partial charge in [-0.1, -0.05) is 135 Å². The number of carbonyl (C=O) groups is 4. The highest BCUT2D eigenvalue weighted by Gasteiger charge is 2.44. The molecule has 0 saturated carbocycles. The predicted octanol–water partition coefficient (Wildman–Crippen LogP) is 8.29. The topological polar surface area (TPSA) is 74.8 Å². The van der Waals surface area contributed by atoms with Gasteiger partial charge in [0, 0.05) is 24.7 Å². The van der Waals surface area contributed by atoms with Crippen molar-refractivity contribution in [3.63, 3.8) is 0 Å². The van der Waals surface area contributed by atoms with E-state index in [1.807, 2.05) is 145 Å². The molecule has 6 atom stereocenters. The zero-order chi connectivity index (χ0) is 34.2. The fraction of sp³-hybridized carbons (Fsp3) is 0.300. The molecule has 0 spiro atoms. The first-order chi connectivity index (χ1) is 23.3. The van der Waals surface area contributed by atoms with Gasteiger partial charge in [0.1, 0.15) is 23.3 Å². The number of hydrogen-bond acceptors (Lipinski definition) is 4. The lowest BCUT2D eigenvalue weighted by Gasteiger charge is -2.45. The lowest BCUT2D eigenvalue weighted by molar-refractivity contribution is -0.146. The fourth-order valence-electron chi connectivity index (χ4n) is 7.07. The van der Waals surface area contributed by atoms with Crippen LogP contribution in [0.25, 0.3) is 0 Å². The van der Waals surface area contributed by atoms with Gasteiger partial charge >= 0.3 is 0 Å². The van der Waals surface area contributed by atoms with Crippen molar-refractivity contribution in [1.82, 2.24) is 9.80 Å². The number of alkyl halides is 2. The van der Waals surface area contributed by atoms with Crippen LogP contribution in [0.2, 0.25) is 0 Å². The summed E-state index contributed by atoms with van der Waals surface area (Å²) in [5, 5.41) is 0. The van der Waals surface area contributed by atoms with Crippen molar-refractivity contribution >= 4 is 46.6 Å². The normalized spacial score (nSPS) is 24.0. The molecule has 2 aliphatic heterocycles. The van der Waals surface area contributed by atoms with Gasteiger partial charge < -0.3 is 9.80 Å². The Kier molecular flexibility index (Phi) is 11.9. The third-order valence-corrected chi connectivity index (χ3v) is 9.94. The average Bonchev–Trinajstić information content (AvgIpc) is 3.14. The van der Waals surface area contributed by atoms with Crippen LogP contribution in [0.15, 0.2) is 121 Å². The number of carbonyl (C=O) groups excluding carboxylic acids is 4. The zero-order valence-electron chi connectivity index (χ0n) is 27.1. The molecule has 0 radical (unpaired) electrons. The van der Waals surface area contributed by atoms with Crippen LogP contribution in [-0.4, -0.2) is 44.9 Å². The highest BCUT2D eigenvalue weighted by Crippen LogP contribution is 2.44. The summed E-state index contributed by atoms with van der Waals surface area (Å²) in [6.45, 7) is 3.80. The van der Waals surface area contributed by atoms with E-state index in [0.717, 1.165) is 22.3 Å². The molecule has 248 valence electrons. The van der Waals surface area contributed by atoms with E-state index < -0.39 is 0 Å². The van der Waals surface area contributed by atoms with Crippen LogP contribution in [-0.2, 0) is 19.2 Å². The SMILES string of the molecule is C[C@@H]1C(=O)C[C@@H](c2ccccc2)N(C(=O)CCl)[C@H]1c1ccccc1.C[C@H]1C(=O)C[C@H](c2ccccc2)N(C(=O)CCl)[C@@H]1c1ccccc1. The summed E-state index contributed by atoms with van der Waals surface area (Å²) in [6, 6.07) is 37.8. The second kappa shape index (κ2) is 16.2. The van der Waals surface area contributed by atoms with E-state index in [0.29, 0.717) is 12.8 Å². The summed E-state index contributed by atoms with van der Waals surface area (Å²) in [4.78, 5) is 54.3. The van der Waals surface area contributed by atoms with Gasteiger partial charge in [0.25, 0.3) is 0 Å². The van der Waals surface area contributed by atoms with Gasteiger partial charge in [-0.15, -0.1) is 23.2 Å². The van der Waals surface area contributed by atoms with Crippen molar-refractivity contribution < 1.29 is 19.2 Å². The highest BCUT2D eigenvalue weighted by molar-refractivity contribution is 6.27. The van der Waals surface area contributed by atoms with Gasteiger partial charge in [-0.05, 0) is 22.3 Å². The van der Waals surface area contributed by atoms with E-state index >= 15 is 0 Å². The Morgan fingerprint density at radius 3 is 1.06 bits per heavy atom. The third kappa shape index (κ3) is 7.56. The van der Waals surface area contributed by atoms with Crippen molar-refractivity contribution in [3.8, 4) is 0 Å². The van der Waals surface area contributed by atoms with Crippen LogP contribution in [0.5, 0.6) is 0 Å². The lowest BCUT2D eigenvalue weighted by Crippen LogP contribution is -2.48. The number of amides is 2. The molecule has 48 heavy (non-hydrogen) atoms. The maximum absolute atomic E-state index is 12.7. The summed E-state index contributed by atoms with van der Waals surface area (Å²) in [5.74, 6) is -0.606. The highest BCUT2D eigenvalue weighted by atomic mass is 35.5. The van der Waals surface area contributed by atoms with Gasteiger partial charge in [-0.3, -0.25) is 19.2 Å². The summed E-state index contributed by atoms with van der Waals surface area (Å²) < 4.78 is 0. The van der Waals surface area contributed by atoms with Gasteiger partial charge in [0.05, 0.1) is 24.2 Å².